The molecule has 1 heterocycles. The Labute approximate surface area is 86.6 Å². The summed E-state index contributed by atoms with van der Waals surface area (Å²) in [5.74, 6) is 0.737. The molecule has 1 aromatic carbocycles. The molecule has 0 fully saturated rings. The Kier molecular flexibility index (Phi) is 2.11. The number of ketones is 1. The number of furan rings is 1. The number of hydrogen-bond acceptors (Lipinski definition) is 4. The minimum Gasteiger partial charge on any atom is -0.494 e. The maximum absolute atomic E-state index is 11.1. The summed E-state index contributed by atoms with van der Waals surface area (Å²) in [7, 11) is 1.53. The maximum atomic E-state index is 11.1. The molecule has 0 bridgehead atoms. The Morgan fingerprint density at radius 2 is 2.20 bits per heavy atom. The van der Waals surface area contributed by atoms with Gasteiger partial charge in [0.15, 0.2) is 17.1 Å². The van der Waals surface area contributed by atoms with Crippen LogP contribution in [0.2, 0.25) is 0 Å². The summed E-state index contributed by atoms with van der Waals surface area (Å²) < 4.78 is 10.4. The van der Waals surface area contributed by atoms with Crippen LogP contribution in [0.15, 0.2) is 22.6 Å². The number of rotatable bonds is 2. The molecule has 1 aromatic heterocycles. The van der Waals surface area contributed by atoms with Gasteiger partial charge < -0.3 is 14.9 Å². The van der Waals surface area contributed by atoms with E-state index in [-0.39, 0.29) is 5.78 Å². The molecule has 0 saturated heterocycles. The lowest BCUT2D eigenvalue weighted by Gasteiger charge is -2.02. The van der Waals surface area contributed by atoms with Gasteiger partial charge in [0.1, 0.15) is 11.4 Å². The van der Waals surface area contributed by atoms with E-state index in [0.717, 1.165) is 5.39 Å². The predicted octanol–water partition coefficient (Wildman–Crippen LogP) is 2.23. The van der Waals surface area contributed by atoms with Gasteiger partial charge in [-0.05, 0) is 18.2 Å². The van der Waals surface area contributed by atoms with Crippen LogP contribution in [-0.2, 0) is 0 Å². The molecule has 4 heteroatoms. The first kappa shape index (κ1) is 9.58. The zero-order valence-electron chi connectivity index (χ0n) is 8.53. The van der Waals surface area contributed by atoms with Crippen LogP contribution in [-0.4, -0.2) is 12.9 Å². The lowest BCUT2D eigenvalue weighted by molar-refractivity contribution is 0.0989. The highest BCUT2D eigenvalue weighted by molar-refractivity contribution is 5.99. The topological polar surface area (TPSA) is 65.5 Å². The molecule has 0 unspecified atom stereocenters. The molecule has 0 spiro atoms. The molecule has 78 valence electrons. The van der Waals surface area contributed by atoms with Crippen LogP contribution in [0.4, 0.5) is 5.69 Å². The van der Waals surface area contributed by atoms with E-state index in [4.69, 9.17) is 14.9 Å². The minimum absolute atomic E-state index is 0.121. The normalized spacial score (nSPS) is 10.5. The fourth-order valence-electron chi connectivity index (χ4n) is 1.46. The first-order valence-corrected chi connectivity index (χ1v) is 4.50. The van der Waals surface area contributed by atoms with E-state index < -0.39 is 0 Å². The monoisotopic (exact) mass is 205 g/mol. The Hall–Kier alpha value is -1.97. The van der Waals surface area contributed by atoms with Crippen LogP contribution >= 0.6 is 0 Å². The number of Topliss-reactive ketones (excluding diaryl/α,β-unsaturated/α-hetero) is 1. The number of nitrogen functional groups attached to an aromatic ring is 1. The number of carbonyl (C=O) groups excluding carboxylic acids is 1. The summed E-state index contributed by atoms with van der Waals surface area (Å²) in [6.45, 7) is 1.45. The Balaban J connectivity index is 2.71. The summed E-state index contributed by atoms with van der Waals surface area (Å²) in [5, 5.41) is 0.804. The van der Waals surface area contributed by atoms with Crippen LogP contribution in [0.3, 0.4) is 0 Å². The van der Waals surface area contributed by atoms with Gasteiger partial charge in [-0.1, -0.05) is 0 Å². The number of nitrogens with two attached hydrogens (primary N) is 1. The van der Waals surface area contributed by atoms with Gasteiger partial charge in [0.25, 0.3) is 0 Å². The first-order valence-electron chi connectivity index (χ1n) is 4.50. The molecule has 15 heavy (non-hydrogen) atoms. The second-order valence-corrected chi connectivity index (χ2v) is 3.27. The third-order valence-corrected chi connectivity index (χ3v) is 2.25. The van der Waals surface area contributed by atoms with Crippen molar-refractivity contribution in [2.45, 2.75) is 6.92 Å². The van der Waals surface area contributed by atoms with Gasteiger partial charge in [0, 0.05) is 12.3 Å². The van der Waals surface area contributed by atoms with Crippen molar-refractivity contribution >= 4 is 22.4 Å². The molecule has 4 nitrogen and oxygen atoms in total. The van der Waals surface area contributed by atoms with E-state index in [2.05, 4.69) is 0 Å². The average molecular weight is 205 g/mol. The molecule has 2 rings (SSSR count). The number of fused-ring (bicyclic) bond motifs is 1. The highest BCUT2D eigenvalue weighted by Crippen LogP contribution is 2.32. The molecule has 0 radical (unpaired) electrons. The molecule has 0 atom stereocenters. The van der Waals surface area contributed by atoms with Gasteiger partial charge in [-0.25, -0.2) is 0 Å². The van der Waals surface area contributed by atoms with Gasteiger partial charge in [-0.15, -0.1) is 0 Å². The van der Waals surface area contributed by atoms with Crippen molar-refractivity contribution in [3.63, 3.8) is 0 Å². The fraction of sp³-hybridized carbons (Fsp3) is 0.182. The predicted molar refractivity (Wildman–Crippen MR) is 57.2 cm³/mol. The second-order valence-electron chi connectivity index (χ2n) is 3.27. The summed E-state index contributed by atoms with van der Waals surface area (Å²) in [6, 6.07) is 5.23. The first-order chi connectivity index (χ1) is 7.13. The van der Waals surface area contributed by atoms with Crippen LogP contribution in [0.25, 0.3) is 11.0 Å². The average Bonchev–Trinajstić information content (AvgIpc) is 2.63. The highest BCUT2D eigenvalue weighted by Gasteiger charge is 2.12. The van der Waals surface area contributed by atoms with Crippen LogP contribution in [0.1, 0.15) is 17.5 Å². The summed E-state index contributed by atoms with van der Waals surface area (Å²) >= 11 is 0. The van der Waals surface area contributed by atoms with Crippen LogP contribution in [0, 0.1) is 0 Å². The number of benzene rings is 1. The molecule has 0 aliphatic carbocycles. The molecular weight excluding hydrogens is 194 g/mol. The quantitative estimate of drug-likeness (QED) is 0.603. The Morgan fingerprint density at radius 3 is 2.80 bits per heavy atom. The number of methoxy groups -OCH3 is 1. The standard InChI is InChI=1S/C11H11NO3/c1-6(13)9-5-7-3-4-8(14-2)10(12)11(7)15-9/h3-5H,12H2,1-2H3. The molecule has 2 aromatic rings. The number of ether oxygens (including phenoxy) is 1. The van der Waals surface area contributed by atoms with E-state index in [9.17, 15) is 4.79 Å². The largest absolute Gasteiger partial charge is 0.494 e. The van der Waals surface area contributed by atoms with Crippen LogP contribution in [0.5, 0.6) is 5.75 Å². The number of hydrogen-bond donors (Lipinski definition) is 1. The van der Waals surface area contributed by atoms with E-state index in [1.54, 1.807) is 18.2 Å². The zero-order valence-corrected chi connectivity index (χ0v) is 8.53. The summed E-state index contributed by atoms with van der Waals surface area (Å²) in [4.78, 5) is 11.1. The zero-order chi connectivity index (χ0) is 11.0. The molecule has 0 aliphatic rings. The Morgan fingerprint density at radius 1 is 1.47 bits per heavy atom. The van der Waals surface area contributed by atoms with Crippen molar-refractivity contribution < 1.29 is 13.9 Å². The maximum Gasteiger partial charge on any atom is 0.194 e. The van der Waals surface area contributed by atoms with Gasteiger partial charge in [-0.2, -0.15) is 0 Å². The van der Waals surface area contributed by atoms with Gasteiger partial charge >= 0.3 is 0 Å². The van der Waals surface area contributed by atoms with Crippen molar-refractivity contribution in [3.8, 4) is 5.75 Å². The molecule has 0 saturated carbocycles. The highest BCUT2D eigenvalue weighted by atomic mass is 16.5. The van der Waals surface area contributed by atoms with Crippen molar-refractivity contribution in [1.82, 2.24) is 0 Å². The van der Waals surface area contributed by atoms with Gasteiger partial charge in [-0.3, -0.25) is 4.79 Å². The molecule has 0 aliphatic heterocycles. The second kappa shape index (κ2) is 3.31. The van der Waals surface area contributed by atoms with Crippen molar-refractivity contribution in [2.24, 2.45) is 0 Å². The Bertz CT molecular complexity index is 528. The van der Waals surface area contributed by atoms with Crippen molar-refractivity contribution in [3.05, 3.63) is 24.0 Å². The van der Waals surface area contributed by atoms with Gasteiger partial charge in [0.05, 0.1) is 7.11 Å². The van der Waals surface area contributed by atoms with Gasteiger partial charge in [0.2, 0.25) is 0 Å². The number of carbonyl (C=O) groups is 1. The molecule has 2 N–H and O–H groups in total. The smallest absolute Gasteiger partial charge is 0.194 e. The third-order valence-electron chi connectivity index (χ3n) is 2.25. The van der Waals surface area contributed by atoms with Crippen LogP contribution < -0.4 is 10.5 Å². The molecular formula is C11H11NO3. The fourth-order valence-corrected chi connectivity index (χ4v) is 1.46. The van der Waals surface area contributed by atoms with Crippen molar-refractivity contribution in [1.29, 1.82) is 0 Å². The number of anilines is 1. The lowest BCUT2D eigenvalue weighted by Crippen LogP contribution is -1.91. The summed E-state index contributed by atoms with van der Waals surface area (Å²) in [6.07, 6.45) is 0. The lowest BCUT2D eigenvalue weighted by atomic mass is 10.2. The minimum atomic E-state index is -0.121. The van der Waals surface area contributed by atoms with E-state index >= 15 is 0 Å². The summed E-state index contributed by atoms with van der Waals surface area (Å²) in [5.41, 5.74) is 6.73. The van der Waals surface area contributed by atoms with E-state index in [1.807, 2.05) is 0 Å². The third kappa shape index (κ3) is 1.44. The van der Waals surface area contributed by atoms with E-state index in [1.165, 1.54) is 14.0 Å². The molecule has 0 amide bonds. The van der Waals surface area contributed by atoms with Crippen molar-refractivity contribution in [2.75, 3.05) is 12.8 Å². The van der Waals surface area contributed by atoms with E-state index in [0.29, 0.717) is 22.8 Å². The SMILES string of the molecule is COc1ccc2cc(C(C)=O)oc2c1N.